The highest BCUT2D eigenvalue weighted by atomic mass is 16.7. The molecular formula is C16H25BO4. The molecule has 5 heteroatoms. The van der Waals surface area contributed by atoms with Gasteiger partial charge >= 0.3 is 7.12 Å². The summed E-state index contributed by atoms with van der Waals surface area (Å²) < 4.78 is 17.7. The fourth-order valence-corrected chi connectivity index (χ4v) is 3.48. The Hall–Kier alpha value is -0.645. The van der Waals surface area contributed by atoms with Crippen molar-refractivity contribution in [1.82, 2.24) is 0 Å². The second kappa shape index (κ2) is 4.93. The molecule has 0 saturated carbocycles. The van der Waals surface area contributed by atoms with Gasteiger partial charge in [-0.15, -0.1) is 0 Å². The molecule has 2 heterocycles. The van der Waals surface area contributed by atoms with Crippen LogP contribution in [-0.4, -0.2) is 37.3 Å². The molecule has 0 aromatic heterocycles. The Kier molecular flexibility index (Phi) is 3.58. The highest BCUT2D eigenvalue weighted by molar-refractivity contribution is 6.55. The van der Waals surface area contributed by atoms with Crippen molar-refractivity contribution in [2.24, 2.45) is 5.41 Å². The summed E-state index contributed by atoms with van der Waals surface area (Å²) >= 11 is 0. The van der Waals surface area contributed by atoms with E-state index in [0.717, 1.165) is 37.9 Å². The maximum absolute atomic E-state index is 12.2. The summed E-state index contributed by atoms with van der Waals surface area (Å²) in [4.78, 5) is 12.2. The van der Waals surface area contributed by atoms with Gasteiger partial charge in [-0.2, -0.15) is 0 Å². The van der Waals surface area contributed by atoms with E-state index in [9.17, 15) is 4.79 Å². The molecule has 0 unspecified atom stereocenters. The SMILES string of the molecule is CC1(C)OB(C2=CC(=O)CC3(CCOCC3)C2)OC1(C)C. The van der Waals surface area contributed by atoms with Crippen molar-refractivity contribution in [2.75, 3.05) is 13.2 Å². The molecule has 2 fully saturated rings. The van der Waals surface area contributed by atoms with Gasteiger partial charge in [0.15, 0.2) is 5.78 Å². The number of carbonyl (C=O) groups is 1. The van der Waals surface area contributed by atoms with Gasteiger partial charge < -0.3 is 14.0 Å². The number of allylic oxidation sites excluding steroid dienone is 2. The summed E-state index contributed by atoms with van der Waals surface area (Å²) in [5.41, 5.74) is 0.346. The van der Waals surface area contributed by atoms with Gasteiger partial charge in [0.2, 0.25) is 0 Å². The van der Waals surface area contributed by atoms with Crippen LogP contribution < -0.4 is 0 Å². The lowest BCUT2D eigenvalue weighted by atomic mass is 9.61. The Morgan fingerprint density at radius 2 is 1.57 bits per heavy atom. The summed E-state index contributed by atoms with van der Waals surface area (Å²) in [7, 11) is -0.390. The summed E-state index contributed by atoms with van der Waals surface area (Å²) in [5, 5.41) is 0. The van der Waals surface area contributed by atoms with E-state index in [4.69, 9.17) is 14.0 Å². The normalized spacial score (nSPS) is 30.6. The van der Waals surface area contributed by atoms with Crippen LogP contribution in [0.1, 0.15) is 53.4 Å². The van der Waals surface area contributed by atoms with E-state index < -0.39 is 0 Å². The lowest BCUT2D eigenvalue weighted by Crippen LogP contribution is -2.41. The van der Waals surface area contributed by atoms with Crippen molar-refractivity contribution in [2.45, 2.75) is 64.6 Å². The molecule has 3 rings (SSSR count). The fourth-order valence-electron chi connectivity index (χ4n) is 3.48. The Morgan fingerprint density at radius 1 is 1.00 bits per heavy atom. The Morgan fingerprint density at radius 3 is 2.14 bits per heavy atom. The molecule has 0 aromatic rings. The van der Waals surface area contributed by atoms with E-state index in [1.54, 1.807) is 6.08 Å². The Bertz CT molecular complexity index is 459. The topological polar surface area (TPSA) is 44.8 Å². The standard InChI is InChI=1S/C16H25BO4/c1-14(2)15(3,4)21-17(20-14)12-9-13(18)11-16(10-12)5-7-19-8-6-16/h9H,5-8,10-11H2,1-4H3. The second-order valence-electron chi connectivity index (χ2n) is 7.74. The predicted molar refractivity (Wildman–Crippen MR) is 80.9 cm³/mol. The van der Waals surface area contributed by atoms with Crippen LogP contribution in [0.2, 0.25) is 0 Å². The van der Waals surface area contributed by atoms with Gasteiger partial charge in [-0.05, 0) is 63.9 Å². The molecule has 0 atom stereocenters. The van der Waals surface area contributed by atoms with Crippen LogP contribution in [0.4, 0.5) is 0 Å². The maximum Gasteiger partial charge on any atom is 0.490 e. The molecule has 2 aliphatic heterocycles. The molecule has 1 spiro atoms. The van der Waals surface area contributed by atoms with Crippen LogP contribution in [0, 0.1) is 5.41 Å². The number of hydrogen-bond acceptors (Lipinski definition) is 4. The minimum absolute atomic E-state index is 0.0585. The fraction of sp³-hybridized carbons (Fsp3) is 0.812. The smallest absolute Gasteiger partial charge is 0.400 e. The van der Waals surface area contributed by atoms with Crippen molar-refractivity contribution in [3.05, 3.63) is 11.5 Å². The zero-order valence-electron chi connectivity index (χ0n) is 13.5. The first-order valence-electron chi connectivity index (χ1n) is 7.90. The number of rotatable bonds is 1. The molecule has 0 N–H and O–H groups in total. The Balaban J connectivity index is 1.81. The molecule has 0 bridgehead atoms. The van der Waals surface area contributed by atoms with Crippen molar-refractivity contribution in [3.8, 4) is 0 Å². The minimum Gasteiger partial charge on any atom is -0.400 e. The zero-order valence-corrected chi connectivity index (χ0v) is 13.5. The van der Waals surface area contributed by atoms with Gasteiger partial charge in [0, 0.05) is 19.6 Å². The number of carbonyl (C=O) groups excluding carboxylic acids is 1. The van der Waals surface area contributed by atoms with Crippen LogP contribution in [0.3, 0.4) is 0 Å². The zero-order chi connectivity index (χ0) is 15.3. The van der Waals surface area contributed by atoms with Crippen LogP contribution >= 0.6 is 0 Å². The summed E-state index contributed by atoms with van der Waals surface area (Å²) in [6.45, 7) is 9.68. The highest BCUT2D eigenvalue weighted by Crippen LogP contribution is 2.46. The van der Waals surface area contributed by atoms with Crippen LogP contribution in [0.5, 0.6) is 0 Å². The molecule has 116 valence electrons. The third-order valence-electron chi connectivity index (χ3n) is 5.58. The van der Waals surface area contributed by atoms with Gasteiger partial charge in [-0.1, -0.05) is 0 Å². The molecule has 21 heavy (non-hydrogen) atoms. The van der Waals surface area contributed by atoms with E-state index in [2.05, 4.69) is 0 Å². The highest BCUT2D eigenvalue weighted by Gasteiger charge is 2.54. The number of hydrogen-bond donors (Lipinski definition) is 0. The van der Waals surface area contributed by atoms with Crippen molar-refractivity contribution in [3.63, 3.8) is 0 Å². The molecule has 0 amide bonds. The lowest BCUT2D eigenvalue weighted by molar-refractivity contribution is -0.119. The summed E-state index contributed by atoms with van der Waals surface area (Å²) in [6.07, 6.45) is 5.19. The summed E-state index contributed by atoms with van der Waals surface area (Å²) in [6, 6.07) is 0. The first kappa shape index (κ1) is 15.3. The second-order valence-corrected chi connectivity index (χ2v) is 7.74. The first-order valence-corrected chi connectivity index (χ1v) is 7.90. The molecule has 1 aliphatic carbocycles. The van der Waals surface area contributed by atoms with Crippen LogP contribution in [-0.2, 0) is 18.8 Å². The Labute approximate surface area is 127 Å². The van der Waals surface area contributed by atoms with Crippen molar-refractivity contribution >= 4 is 12.9 Å². The van der Waals surface area contributed by atoms with Gasteiger partial charge in [-0.3, -0.25) is 4.79 Å². The van der Waals surface area contributed by atoms with E-state index in [-0.39, 0.29) is 29.5 Å². The lowest BCUT2D eigenvalue weighted by Gasteiger charge is -2.40. The molecule has 4 nitrogen and oxygen atoms in total. The van der Waals surface area contributed by atoms with E-state index >= 15 is 0 Å². The first-order chi connectivity index (χ1) is 9.73. The average Bonchev–Trinajstić information content (AvgIpc) is 2.58. The maximum atomic E-state index is 12.2. The quantitative estimate of drug-likeness (QED) is 0.697. The van der Waals surface area contributed by atoms with E-state index in [0.29, 0.717) is 6.42 Å². The number of ketones is 1. The molecule has 0 radical (unpaired) electrons. The van der Waals surface area contributed by atoms with Gasteiger partial charge in [-0.25, -0.2) is 0 Å². The van der Waals surface area contributed by atoms with Crippen molar-refractivity contribution < 1.29 is 18.8 Å². The molecule has 3 aliphatic rings. The van der Waals surface area contributed by atoms with E-state index in [1.165, 1.54) is 0 Å². The largest absolute Gasteiger partial charge is 0.490 e. The molecular weight excluding hydrogens is 267 g/mol. The predicted octanol–water partition coefficient (Wildman–Crippen LogP) is 2.70. The van der Waals surface area contributed by atoms with Gasteiger partial charge in [0.1, 0.15) is 0 Å². The van der Waals surface area contributed by atoms with E-state index in [1.807, 2.05) is 27.7 Å². The molecule has 2 saturated heterocycles. The third kappa shape index (κ3) is 2.71. The minimum atomic E-state index is -0.390. The number of ether oxygens (including phenoxy) is 1. The van der Waals surface area contributed by atoms with Crippen molar-refractivity contribution in [1.29, 1.82) is 0 Å². The van der Waals surface area contributed by atoms with Gasteiger partial charge in [0.25, 0.3) is 0 Å². The van der Waals surface area contributed by atoms with Gasteiger partial charge in [0.05, 0.1) is 11.2 Å². The van der Waals surface area contributed by atoms with Crippen LogP contribution in [0.15, 0.2) is 11.5 Å². The van der Waals surface area contributed by atoms with Crippen LogP contribution in [0.25, 0.3) is 0 Å². The summed E-state index contributed by atoms with van der Waals surface area (Å²) in [5.74, 6) is 0.202. The molecule has 0 aromatic carbocycles. The average molecular weight is 292 g/mol. The monoisotopic (exact) mass is 292 g/mol. The third-order valence-corrected chi connectivity index (χ3v) is 5.58.